The molecule has 2 heteroatoms. The molecule has 0 amide bonds. The summed E-state index contributed by atoms with van der Waals surface area (Å²) in [4.78, 5) is 0. The fourth-order valence-electron chi connectivity index (χ4n) is 0.936. The molecule has 13 heavy (non-hydrogen) atoms. The molecule has 0 saturated heterocycles. The highest BCUT2D eigenvalue weighted by Crippen LogP contribution is 2.24. The van der Waals surface area contributed by atoms with Crippen LogP contribution in [0.4, 0.5) is 0 Å². The highest BCUT2D eigenvalue weighted by atomic mass is 16.3. The second-order valence-corrected chi connectivity index (χ2v) is 5.11. The first-order chi connectivity index (χ1) is 5.84. The zero-order valence-corrected chi connectivity index (χ0v) is 9.72. The van der Waals surface area contributed by atoms with E-state index >= 15 is 0 Å². The average molecular weight is 187 g/mol. The molecule has 0 spiro atoms. The Morgan fingerprint density at radius 3 is 2.15 bits per heavy atom. The van der Waals surface area contributed by atoms with Gasteiger partial charge in [-0.15, -0.1) is 0 Å². The first-order valence-corrected chi connectivity index (χ1v) is 5.23. The van der Waals surface area contributed by atoms with E-state index in [0.29, 0.717) is 11.3 Å². The predicted molar refractivity (Wildman–Crippen MR) is 57.8 cm³/mol. The molecule has 0 fully saturated rings. The lowest BCUT2D eigenvalue weighted by molar-refractivity contribution is 0.180. The van der Waals surface area contributed by atoms with Crippen LogP contribution in [0.2, 0.25) is 0 Å². The van der Waals surface area contributed by atoms with Gasteiger partial charge in [0.1, 0.15) is 0 Å². The Morgan fingerprint density at radius 2 is 1.77 bits per heavy atom. The van der Waals surface area contributed by atoms with Crippen LogP contribution in [0.3, 0.4) is 0 Å². The van der Waals surface area contributed by atoms with E-state index < -0.39 is 0 Å². The topological polar surface area (TPSA) is 32.3 Å². The van der Waals surface area contributed by atoms with Gasteiger partial charge in [-0.2, -0.15) is 0 Å². The van der Waals surface area contributed by atoms with E-state index in [-0.39, 0.29) is 6.10 Å². The zero-order chi connectivity index (χ0) is 10.5. The largest absolute Gasteiger partial charge is 0.393 e. The van der Waals surface area contributed by atoms with Crippen LogP contribution in [0.1, 0.15) is 41.0 Å². The van der Waals surface area contributed by atoms with Gasteiger partial charge in [0, 0.05) is 0 Å². The van der Waals surface area contributed by atoms with E-state index in [0.717, 1.165) is 19.5 Å². The Morgan fingerprint density at radius 1 is 1.23 bits per heavy atom. The summed E-state index contributed by atoms with van der Waals surface area (Å²) in [5.74, 6) is 0.668. The minimum absolute atomic E-state index is 0.183. The first-order valence-electron chi connectivity index (χ1n) is 5.23. The highest BCUT2D eigenvalue weighted by molar-refractivity contribution is 4.71. The fraction of sp³-hybridized carbons (Fsp3) is 1.00. The molecule has 2 atom stereocenters. The van der Waals surface area contributed by atoms with E-state index in [4.69, 9.17) is 5.11 Å². The molecule has 0 aromatic rings. The van der Waals surface area contributed by atoms with Crippen molar-refractivity contribution < 1.29 is 5.11 Å². The van der Waals surface area contributed by atoms with Gasteiger partial charge < -0.3 is 10.4 Å². The van der Waals surface area contributed by atoms with Crippen LogP contribution >= 0.6 is 0 Å². The quantitative estimate of drug-likeness (QED) is 0.645. The van der Waals surface area contributed by atoms with Crippen molar-refractivity contribution in [3.63, 3.8) is 0 Å². The highest BCUT2D eigenvalue weighted by Gasteiger charge is 2.18. The number of hydrogen-bond donors (Lipinski definition) is 2. The lowest BCUT2D eigenvalue weighted by Crippen LogP contribution is -2.31. The zero-order valence-electron chi connectivity index (χ0n) is 9.72. The maximum atomic E-state index is 9.04. The molecule has 0 aromatic heterocycles. The van der Waals surface area contributed by atoms with Gasteiger partial charge in [0.2, 0.25) is 0 Å². The van der Waals surface area contributed by atoms with E-state index in [1.165, 1.54) is 0 Å². The van der Waals surface area contributed by atoms with Crippen molar-refractivity contribution in [1.29, 1.82) is 0 Å². The molecule has 2 N–H and O–H groups in total. The monoisotopic (exact) mass is 187 g/mol. The van der Waals surface area contributed by atoms with Gasteiger partial charge in [0.15, 0.2) is 0 Å². The SMILES string of the molecule is CC(O)CCNCC(C)C(C)(C)C. The fourth-order valence-corrected chi connectivity index (χ4v) is 0.936. The van der Waals surface area contributed by atoms with Gasteiger partial charge in [0.05, 0.1) is 6.10 Å². The standard InChI is InChI=1S/C11H25NO/c1-9(11(3,4)5)8-12-7-6-10(2)13/h9-10,12-13H,6-8H2,1-5H3. The van der Waals surface area contributed by atoms with Crippen molar-refractivity contribution in [2.24, 2.45) is 11.3 Å². The summed E-state index contributed by atoms with van der Waals surface area (Å²) in [5.41, 5.74) is 0.373. The Labute approximate surface area is 82.7 Å². The smallest absolute Gasteiger partial charge is 0.0524 e. The Bertz CT molecular complexity index is 127. The maximum absolute atomic E-state index is 9.04. The second-order valence-electron chi connectivity index (χ2n) is 5.11. The molecule has 2 nitrogen and oxygen atoms in total. The molecule has 0 rings (SSSR count). The van der Waals surface area contributed by atoms with Crippen LogP contribution in [0.5, 0.6) is 0 Å². The molecule has 0 bridgehead atoms. The van der Waals surface area contributed by atoms with Crippen LogP contribution in [0.25, 0.3) is 0 Å². The van der Waals surface area contributed by atoms with Gasteiger partial charge in [-0.3, -0.25) is 0 Å². The number of aliphatic hydroxyl groups excluding tert-OH is 1. The Hall–Kier alpha value is -0.0800. The molecule has 0 aliphatic carbocycles. The van der Waals surface area contributed by atoms with Crippen molar-refractivity contribution >= 4 is 0 Å². The summed E-state index contributed by atoms with van der Waals surface area (Å²) >= 11 is 0. The third kappa shape index (κ3) is 7.03. The van der Waals surface area contributed by atoms with Crippen molar-refractivity contribution in [3.05, 3.63) is 0 Å². The van der Waals surface area contributed by atoms with Crippen molar-refractivity contribution in [3.8, 4) is 0 Å². The Balaban J connectivity index is 3.43. The first kappa shape index (κ1) is 12.9. The molecule has 0 saturated carbocycles. The molecular formula is C11H25NO. The van der Waals surface area contributed by atoms with Crippen LogP contribution in [-0.4, -0.2) is 24.3 Å². The minimum Gasteiger partial charge on any atom is -0.393 e. The summed E-state index contributed by atoms with van der Waals surface area (Å²) in [6.45, 7) is 12.8. The molecule has 80 valence electrons. The molecule has 2 unspecified atom stereocenters. The van der Waals surface area contributed by atoms with E-state index in [2.05, 4.69) is 33.0 Å². The number of aliphatic hydroxyl groups is 1. The number of nitrogens with one attached hydrogen (secondary N) is 1. The summed E-state index contributed by atoms with van der Waals surface area (Å²) < 4.78 is 0. The van der Waals surface area contributed by atoms with Gasteiger partial charge >= 0.3 is 0 Å². The molecular weight excluding hydrogens is 162 g/mol. The molecule has 0 aromatic carbocycles. The summed E-state index contributed by atoms with van der Waals surface area (Å²) in [6, 6.07) is 0. The normalized spacial score (nSPS) is 17.1. The van der Waals surface area contributed by atoms with Crippen molar-refractivity contribution in [2.75, 3.05) is 13.1 Å². The van der Waals surface area contributed by atoms with Gasteiger partial charge in [-0.05, 0) is 37.8 Å². The molecule has 0 aliphatic heterocycles. The maximum Gasteiger partial charge on any atom is 0.0524 e. The number of rotatable bonds is 5. The van der Waals surface area contributed by atoms with Crippen LogP contribution < -0.4 is 5.32 Å². The van der Waals surface area contributed by atoms with Crippen molar-refractivity contribution in [2.45, 2.75) is 47.1 Å². The van der Waals surface area contributed by atoms with E-state index in [9.17, 15) is 0 Å². The van der Waals surface area contributed by atoms with Crippen LogP contribution in [-0.2, 0) is 0 Å². The molecule has 0 radical (unpaired) electrons. The van der Waals surface area contributed by atoms with Gasteiger partial charge in [-0.25, -0.2) is 0 Å². The average Bonchev–Trinajstić information content (AvgIpc) is 1.95. The summed E-state index contributed by atoms with van der Waals surface area (Å²) in [5, 5.41) is 12.4. The lowest BCUT2D eigenvalue weighted by atomic mass is 9.82. The second kappa shape index (κ2) is 5.61. The van der Waals surface area contributed by atoms with E-state index in [1.807, 2.05) is 6.92 Å². The summed E-state index contributed by atoms with van der Waals surface area (Å²) in [6.07, 6.45) is 0.661. The molecule has 0 aliphatic rings. The lowest BCUT2D eigenvalue weighted by Gasteiger charge is -2.27. The Kier molecular flexibility index (Phi) is 5.57. The van der Waals surface area contributed by atoms with Crippen molar-refractivity contribution in [1.82, 2.24) is 5.32 Å². The van der Waals surface area contributed by atoms with E-state index in [1.54, 1.807) is 0 Å². The van der Waals surface area contributed by atoms with Gasteiger partial charge in [0.25, 0.3) is 0 Å². The third-order valence-electron chi connectivity index (χ3n) is 2.67. The minimum atomic E-state index is -0.183. The molecule has 0 heterocycles. The predicted octanol–water partition coefficient (Wildman–Crippen LogP) is 2.03. The summed E-state index contributed by atoms with van der Waals surface area (Å²) in [7, 11) is 0. The third-order valence-corrected chi connectivity index (χ3v) is 2.67. The number of hydrogen-bond acceptors (Lipinski definition) is 2. The van der Waals surface area contributed by atoms with Crippen LogP contribution in [0.15, 0.2) is 0 Å². The van der Waals surface area contributed by atoms with Crippen LogP contribution in [0, 0.1) is 11.3 Å². The van der Waals surface area contributed by atoms with Gasteiger partial charge in [-0.1, -0.05) is 27.7 Å².